The number of carbonyl (C=O) groups excluding carboxylic acids is 2. The highest BCUT2D eigenvalue weighted by molar-refractivity contribution is 7.14. The van der Waals surface area contributed by atoms with Crippen molar-refractivity contribution >= 4 is 45.3 Å². The molecule has 3 aromatic rings. The van der Waals surface area contributed by atoms with E-state index in [0.717, 1.165) is 47.6 Å². The summed E-state index contributed by atoms with van der Waals surface area (Å²) in [6, 6.07) is 10.1. The van der Waals surface area contributed by atoms with Crippen LogP contribution in [0, 0.1) is 5.92 Å². The molecule has 1 aliphatic heterocycles. The third-order valence-corrected chi connectivity index (χ3v) is 6.76. The molecule has 1 aliphatic carbocycles. The lowest BCUT2D eigenvalue weighted by atomic mass is 10.1. The molecule has 1 saturated carbocycles. The molecule has 2 aromatic heterocycles. The summed E-state index contributed by atoms with van der Waals surface area (Å²) < 4.78 is 0. The van der Waals surface area contributed by atoms with Crippen LogP contribution in [0.5, 0.6) is 0 Å². The maximum absolute atomic E-state index is 12.4. The van der Waals surface area contributed by atoms with Crippen molar-refractivity contribution in [3.8, 4) is 11.3 Å². The molecule has 5 rings (SSSR count). The van der Waals surface area contributed by atoms with Crippen LogP contribution >= 0.6 is 22.7 Å². The zero-order chi connectivity index (χ0) is 19.1. The van der Waals surface area contributed by atoms with Crippen LogP contribution < -0.4 is 10.2 Å². The number of hydrogen-bond donors (Lipinski definition) is 1. The number of nitrogens with one attached hydrogen (secondary N) is 1. The van der Waals surface area contributed by atoms with Gasteiger partial charge in [-0.1, -0.05) is 12.1 Å². The average molecular weight is 410 g/mol. The molecule has 3 heterocycles. The number of fused-ring (bicyclic) bond motifs is 1. The summed E-state index contributed by atoms with van der Waals surface area (Å²) in [6.45, 7) is 0.773. The van der Waals surface area contributed by atoms with Crippen LogP contribution in [0.25, 0.3) is 11.3 Å². The Bertz CT molecular complexity index is 1040. The summed E-state index contributed by atoms with van der Waals surface area (Å²) in [5.41, 5.74) is 4.11. The molecule has 2 amide bonds. The number of anilines is 2. The topological polar surface area (TPSA) is 62.3 Å². The Balaban J connectivity index is 1.29. The van der Waals surface area contributed by atoms with Gasteiger partial charge in [0.1, 0.15) is 0 Å². The van der Waals surface area contributed by atoms with Gasteiger partial charge in [0.15, 0.2) is 5.13 Å². The maximum Gasteiger partial charge on any atom is 0.231 e. The standard InChI is InChI=1S/C21H19N3O2S2/c25-19(11-16-2-1-9-27-16)23-21-22-17(12-28-21)14-5-6-18-15(10-14)7-8-24(18)20(26)13-3-4-13/h1-2,5-6,9-10,12-13H,3-4,7-8,11H2,(H,22,23,25). The zero-order valence-electron chi connectivity index (χ0n) is 15.2. The van der Waals surface area contributed by atoms with Gasteiger partial charge in [-0.2, -0.15) is 0 Å². The molecule has 1 aromatic carbocycles. The van der Waals surface area contributed by atoms with E-state index < -0.39 is 0 Å². The van der Waals surface area contributed by atoms with Crippen LogP contribution in [-0.2, 0) is 22.4 Å². The van der Waals surface area contributed by atoms with E-state index in [9.17, 15) is 9.59 Å². The fraction of sp³-hybridized carbons (Fsp3) is 0.286. The van der Waals surface area contributed by atoms with Crippen molar-refractivity contribution in [1.29, 1.82) is 0 Å². The SMILES string of the molecule is O=C(Cc1cccs1)Nc1nc(-c2ccc3c(c2)CCN3C(=O)C2CC2)cs1. The monoisotopic (exact) mass is 409 g/mol. The van der Waals surface area contributed by atoms with E-state index in [2.05, 4.69) is 16.4 Å². The lowest BCUT2D eigenvalue weighted by molar-refractivity contribution is -0.119. The largest absolute Gasteiger partial charge is 0.312 e. The lowest BCUT2D eigenvalue weighted by Crippen LogP contribution is -2.30. The van der Waals surface area contributed by atoms with E-state index in [1.807, 2.05) is 39.9 Å². The first kappa shape index (κ1) is 17.6. The molecule has 0 radical (unpaired) electrons. The van der Waals surface area contributed by atoms with E-state index in [4.69, 9.17) is 0 Å². The molecule has 1 fully saturated rings. The van der Waals surface area contributed by atoms with Gasteiger partial charge in [-0.05, 0) is 48.4 Å². The predicted octanol–water partition coefficient (Wildman–Crippen LogP) is 4.35. The number of thiazole rings is 1. The van der Waals surface area contributed by atoms with Crippen LogP contribution in [0.1, 0.15) is 23.3 Å². The lowest BCUT2D eigenvalue weighted by Gasteiger charge is -2.17. The molecular formula is C21H19N3O2S2. The van der Waals surface area contributed by atoms with Gasteiger partial charge < -0.3 is 10.2 Å². The van der Waals surface area contributed by atoms with Gasteiger partial charge in [0.25, 0.3) is 0 Å². The Kier molecular flexibility index (Phi) is 4.49. The van der Waals surface area contributed by atoms with Crippen molar-refractivity contribution in [2.75, 3.05) is 16.8 Å². The zero-order valence-corrected chi connectivity index (χ0v) is 16.8. The molecule has 0 atom stereocenters. The van der Waals surface area contributed by atoms with Gasteiger partial charge in [-0.15, -0.1) is 22.7 Å². The van der Waals surface area contributed by atoms with Crippen LogP contribution in [0.4, 0.5) is 10.8 Å². The minimum atomic E-state index is -0.0495. The van der Waals surface area contributed by atoms with Gasteiger partial charge in [0.05, 0.1) is 12.1 Å². The van der Waals surface area contributed by atoms with Gasteiger partial charge >= 0.3 is 0 Å². The third-order valence-electron chi connectivity index (χ3n) is 5.13. The van der Waals surface area contributed by atoms with Gasteiger partial charge in [-0.3, -0.25) is 9.59 Å². The fourth-order valence-corrected chi connectivity index (χ4v) is 4.98. The van der Waals surface area contributed by atoms with Gasteiger partial charge in [0.2, 0.25) is 11.8 Å². The number of amides is 2. The van der Waals surface area contributed by atoms with Crippen molar-refractivity contribution in [3.63, 3.8) is 0 Å². The maximum atomic E-state index is 12.4. The van der Waals surface area contributed by atoms with Crippen LogP contribution in [0.15, 0.2) is 41.1 Å². The van der Waals surface area contributed by atoms with E-state index in [0.29, 0.717) is 11.6 Å². The second-order valence-electron chi connectivity index (χ2n) is 7.20. The Morgan fingerprint density at radius 1 is 1.21 bits per heavy atom. The molecule has 0 unspecified atom stereocenters. The smallest absolute Gasteiger partial charge is 0.231 e. The summed E-state index contributed by atoms with van der Waals surface area (Å²) in [4.78, 5) is 32.1. The van der Waals surface area contributed by atoms with Gasteiger partial charge in [0, 0.05) is 34.0 Å². The minimum absolute atomic E-state index is 0.0495. The first-order chi connectivity index (χ1) is 13.7. The molecule has 5 nitrogen and oxygen atoms in total. The van der Waals surface area contributed by atoms with Crippen molar-refractivity contribution in [1.82, 2.24) is 4.98 Å². The van der Waals surface area contributed by atoms with Crippen LogP contribution in [-0.4, -0.2) is 23.3 Å². The average Bonchev–Trinajstić information content (AvgIpc) is 3.07. The highest BCUT2D eigenvalue weighted by Gasteiger charge is 2.36. The molecule has 0 saturated heterocycles. The first-order valence-electron chi connectivity index (χ1n) is 9.40. The number of aromatic nitrogens is 1. The summed E-state index contributed by atoms with van der Waals surface area (Å²) in [7, 11) is 0. The third kappa shape index (κ3) is 3.47. The van der Waals surface area contributed by atoms with E-state index in [-0.39, 0.29) is 17.7 Å². The molecule has 28 heavy (non-hydrogen) atoms. The summed E-state index contributed by atoms with van der Waals surface area (Å²) in [6.07, 6.45) is 3.32. The number of thiophene rings is 1. The van der Waals surface area contributed by atoms with E-state index >= 15 is 0 Å². The summed E-state index contributed by atoms with van der Waals surface area (Å²) in [5, 5.41) is 7.43. The van der Waals surface area contributed by atoms with E-state index in [1.165, 1.54) is 16.9 Å². The second-order valence-corrected chi connectivity index (χ2v) is 9.09. The Morgan fingerprint density at radius 3 is 2.89 bits per heavy atom. The summed E-state index contributed by atoms with van der Waals surface area (Å²) >= 11 is 3.01. The van der Waals surface area contributed by atoms with Crippen molar-refractivity contribution in [2.45, 2.75) is 25.7 Å². The van der Waals surface area contributed by atoms with Crippen molar-refractivity contribution in [3.05, 3.63) is 51.5 Å². The number of carbonyl (C=O) groups is 2. The first-order valence-corrected chi connectivity index (χ1v) is 11.2. The Labute approximate surface area is 171 Å². The minimum Gasteiger partial charge on any atom is -0.312 e. The summed E-state index contributed by atoms with van der Waals surface area (Å²) in [5.74, 6) is 0.465. The molecule has 0 spiro atoms. The van der Waals surface area contributed by atoms with Crippen LogP contribution in [0.2, 0.25) is 0 Å². The fourth-order valence-electron chi connectivity index (χ4n) is 3.54. The molecular weight excluding hydrogens is 390 g/mol. The normalized spacial score (nSPS) is 15.5. The van der Waals surface area contributed by atoms with Crippen molar-refractivity contribution in [2.24, 2.45) is 5.92 Å². The quantitative estimate of drug-likeness (QED) is 0.681. The predicted molar refractivity (Wildman–Crippen MR) is 113 cm³/mol. The molecule has 0 bridgehead atoms. The van der Waals surface area contributed by atoms with E-state index in [1.54, 1.807) is 11.3 Å². The van der Waals surface area contributed by atoms with Crippen LogP contribution in [0.3, 0.4) is 0 Å². The van der Waals surface area contributed by atoms with Gasteiger partial charge in [-0.25, -0.2) is 4.98 Å². The van der Waals surface area contributed by atoms with Crippen molar-refractivity contribution < 1.29 is 9.59 Å². The number of benzene rings is 1. The number of hydrogen-bond acceptors (Lipinski definition) is 5. The molecule has 7 heteroatoms. The second kappa shape index (κ2) is 7.14. The number of rotatable bonds is 5. The Morgan fingerprint density at radius 2 is 2.11 bits per heavy atom. The molecule has 1 N–H and O–H groups in total. The highest BCUT2D eigenvalue weighted by Crippen LogP contribution is 2.38. The molecule has 142 valence electrons. The molecule has 2 aliphatic rings. The Hall–Kier alpha value is -2.51. The highest BCUT2D eigenvalue weighted by atomic mass is 32.1. The number of nitrogens with zero attached hydrogens (tertiary/aromatic N) is 2.